The lowest BCUT2D eigenvalue weighted by Crippen LogP contribution is -2.19. The van der Waals surface area contributed by atoms with Crippen LogP contribution in [0.4, 0.5) is 5.13 Å². The standard InChI is InChI=1S/C17H22N2O3S/c1-17(2,3)9-15(20)19-16-18-13(10-23-16)12-8-11(21-4)6-7-14(12)22-5/h6-8,10H,9H2,1-5H3,(H,18,19,20). The van der Waals surface area contributed by atoms with Crippen LogP contribution in [0.1, 0.15) is 27.2 Å². The second-order valence-electron chi connectivity index (χ2n) is 6.39. The first-order valence-electron chi connectivity index (χ1n) is 7.30. The first-order valence-corrected chi connectivity index (χ1v) is 8.18. The fourth-order valence-corrected chi connectivity index (χ4v) is 2.84. The third-order valence-electron chi connectivity index (χ3n) is 3.12. The predicted molar refractivity (Wildman–Crippen MR) is 93.4 cm³/mol. The van der Waals surface area contributed by atoms with Gasteiger partial charge in [-0.05, 0) is 23.6 Å². The smallest absolute Gasteiger partial charge is 0.226 e. The molecule has 1 N–H and O–H groups in total. The van der Waals surface area contributed by atoms with E-state index in [9.17, 15) is 4.79 Å². The molecule has 1 aromatic heterocycles. The van der Waals surface area contributed by atoms with Gasteiger partial charge in [-0.3, -0.25) is 4.79 Å². The molecule has 0 unspecified atom stereocenters. The Bertz CT molecular complexity index is 689. The third kappa shape index (κ3) is 4.69. The third-order valence-corrected chi connectivity index (χ3v) is 3.88. The molecule has 0 aliphatic heterocycles. The Balaban J connectivity index is 2.21. The van der Waals surface area contributed by atoms with Gasteiger partial charge in [0.05, 0.1) is 19.9 Å². The van der Waals surface area contributed by atoms with E-state index in [0.29, 0.717) is 17.3 Å². The topological polar surface area (TPSA) is 60.5 Å². The highest BCUT2D eigenvalue weighted by atomic mass is 32.1. The lowest BCUT2D eigenvalue weighted by atomic mass is 9.92. The van der Waals surface area contributed by atoms with Crippen LogP contribution in [0.3, 0.4) is 0 Å². The Kier molecular flexibility index (Phi) is 5.26. The van der Waals surface area contributed by atoms with Crippen LogP contribution in [-0.4, -0.2) is 25.1 Å². The summed E-state index contributed by atoms with van der Waals surface area (Å²) in [6.07, 6.45) is 0.449. The van der Waals surface area contributed by atoms with Gasteiger partial charge in [-0.2, -0.15) is 0 Å². The molecule has 23 heavy (non-hydrogen) atoms. The number of nitrogens with one attached hydrogen (secondary N) is 1. The highest BCUT2D eigenvalue weighted by Gasteiger charge is 2.18. The van der Waals surface area contributed by atoms with Gasteiger partial charge in [-0.15, -0.1) is 11.3 Å². The number of methoxy groups -OCH3 is 2. The molecule has 0 aliphatic carbocycles. The average molecular weight is 334 g/mol. The minimum absolute atomic E-state index is 0.0315. The molecule has 0 radical (unpaired) electrons. The highest BCUT2D eigenvalue weighted by Crippen LogP contribution is 2.35. The van der Waals surface area contributed by atoms with Crippen molar-refractivity contribution in [1.29, 1.82) is 0 Å². The van der Waals surface area contributed by atoms with Gasteiger partial charge < -0.3 is 14.8 Å². The number of anilines is 1. The van der Waals surface area contributed by atoms with E-state index in [4.69, 9.17) is 9.47 Å². The van der Waals surface area contributed by atoms with Crippen molar-refractivity contribution >= 4 is 22.4 Å². The van der Waals surface area contributed by atoms with E-state index in [1.165, 1.54) is 11.3 Å². The van der Waals surface area contributed by atoms with E-state index in [1.807, 2.05) is 44.4 Å². The van der Waals surface area contributed by atoms with E-state index in [1.54, 1.807) is 14.2 Å². The van der Waals surface area contributed by atoms with Crippen LogP contribution in [0.25, 0.3) is 11.3 Å². The van der Waals surface area contributed by atoms with Gasteiger partial charge in [-0.1, -0.05) is 20.8 Å². The van der Waals surface area contributed by atoms with Gasteiger partial charge in [0.2, 0.25) is 5.91 Å². The molecule has 1 aromatic carbocycles. The maximum absolute atomic E-state index is 12.0. The van der Waals surface area contributed by atoms with E-state index >= 15 is 0 Å². The fraction of sp³-hybridized carbons (Fsp3) is 0.412. The zero-order valence-electron chi connectivity index (χ0n) is 14.1. The Labute approximate surface area is 140 Å². The highest BCUT2D eigenvalue weighted by molar-refractivity contribution is 7.14. The van der Waals surface area contributed by atoms with Gasteiger partial charge >= 0.3 is 0 Å². The van der Waals surface area contributed by atoms with Crippen LogP contribution in [0.5, 0.6) is 11.5 Å². The van der Waals surface area contributed by atoms with Crippen LogP contribution >= 0.6 is 11.3 Å². The Morgan fingerprint density at radius 2 is 2.00 bits per heavy atom. The van der Waals surface area contributed by atoms with Crippen molar-refractivity contribution in [1.82, 2.24) is 4.98 Å². The molecule has 0 saturated heterocycles. The van der Waals surface area contributed by atoms with Crippen LogP contribution in [-0.2, 0) is 4.79 Å². The summed E-state index contributed by atoms with van der Waals surface area (Å²) in [5.41, 5.74) is 1.52. The van der Waals surface area contributed by atoms with Crippen LogP contribution in [0.2, 0.25) is 0 Å². The minimum Gasteiger partial charge on any atom is -0.497 e. The minimum atomic E-state index is -0.0554. The fourth-order valence-electron chi connectivity index (χ4n) is 2.11. The molecule has 2 aromatic rings. The van der Waals surface area contributed by atoms with Gasteiger partial charge in [0.25, 0.3) is 0 Å². The number of nitrogens with zero attached hydrogens (tertiary/aromatic N) is 1. The number of rotatable bonds is 5. The summed E-state index contributed by atoms with van der Waals surface area (Å²) >= 11 is 1.39. The number of carbonyl (C=O) groups excluding carboxylic acids is 1. The summed E-state index contributed by atoms with van der Waals surface area (Å²) < 4.78 is 10.6. The van der Waals surface area contributed by atoms with Crippen molar-refractivity contribution in [2.45, 2.75) is 27.2 Å². The van der Waals surface area contributed by atoms with Crippen LogP contribution in [0.15, 0.2) is 23.6 Å². The lowest BCUT2D eigenvalue weighted by molar-refractivity contribution is -0.117. The first-order chi connectivity index (χ1) is 10.8. The first kappa shape index (κ1) is 17.3. The number of ether oxygens (including phenoxy) is 2. The molecular formula is C17H22N2O3S. The molecule has 1 amide bonds. The van der Waals surface area contributed by atoms with Crippen molar-refractivity contribution < 1.29 is 14.3 Å². The summed E-state index contributed by atoms with van der Waals surface area (Å²) in [6.45, 7) is 6.09. The zero-order valence-corrected chi connectivity index (χ0v) is 14.9. The van der Waals surface area contributed by atoms with E-state index < -0.39 is 0 Å². The summed E-state index contributed by atoms with van der Waals surface area (Å²) in [5.74, 6) is 1.41. The van der Waals surface area contributed by atoms with Crippen LogP contribution < -0.4 is 14.8 Å². The SMILES string of the molecule is COc1ccc(OC)c(-c2csc(NC(=O)CC(C)(C)C)n2)c1. The Morgan fingerprint density at radius 3 is 2.61 bits per heavy atom. The number of aromatic nitrogens is 1. The summed E-state index contributed by atoms with van der Waals surface area (Å²) in [6, 6.07) is 5.54. The number of hydrogen-bond donors (Lipinski definition) is 1. The number of hydrogen-bond acceptors (Lipinski definition) is 5. The number of carbonyl (C=O) groups is 1. The predicted octanol–water partition coefficient (Wildman–Crippen LogP) is 4.20. The van der Waals surface area contributed by atoms with E-state index in [0.717, 1.165) is 17.0 Å². The monoisotopic (exact) mass is 334 g/mol. The molecule has 0 bridgehead atoms. The molecule has 0 saturated carbocycles. The molecule has 0 spiro atoms. The maximum Gasteiger partial charge on any atom is 0.226 e. The van der Waals surface area contributed by atoms with Crippen molar-refractivity contribution in [2.75, 3.05) is 19.5 Å². The van der Waals surface area contributed by atoms with Gasteiger partial charge in [0.1, 0.15) is 11.5 Å². The van der Waals surface area contributed by atoms with Crippen molar-refractivity contribution in [2.24, 2.45) is 5.41 Å². The lowest BCUT2D eigenvalue weighted by Gasteiger charge is -2.16. The molecular weight excluding hydrogens is 312 g/mol. The van der Waals surface area contributed by atoms with Crippen molar-refractivity contribution in [3.63, 3.8) is 0 Å². The molecule has 124 valence electrons. The molecule has 2 rings (SSSR count). The van der Waals surface area contributed by atoms with Gasteiger partial charge in [0, 0.05) is 17.4 Å². The quantitative estimate of drug-likeness (QED) is 0.890. The van der Waals surface area contributed by atoms with Gasteiger partial charge in [-0.25, -0.2) is 4.98 Å². The second-order valence-corrected chi connectivity index (χ2v) is 7.25. The molecule has 0 aliphatic rings. The number of benzene rings is 1. The summed E-state index contributed by atoms with van der Waals surface area (Å²) in [4.78, 5) is 16.5. The Hall–Kier alpha value is -2.08. The molecule has 6 heteroatoms. The molecule has 1 heterocycles. The average Bonchev–Trinajstić information content (AvgIpc) is 2.92. The zero-order chi connectivity index (χ0) is 17.0. The van der Waals surface area contributed by atoms with Crippen molar-refractivity contribution in [3.05, 3.63) is 23.6 Å². The summed E-state index contributed by atoms with van der Waals surface area (Å²) in [7, 11) is 3.23. The molecule has 0 fully saturated rings. The largest absolute Gasteiger partial charge is 0.497 e. The Morgan fingerprint density at radius 1 is 1.26 bits per heavy atom. The van der Waals surface area contributed by atoms with Crippen LogP contribution in [0, 0.1) is 5.41 Å². The van der Waals surface area contributed by atoms with Gasteiger partial charge in [0.15, 0.2) is 5.13 Å². The number of amides is 1. The van der Waals surface area contributed by atoms with Crippen molar-refractivity contribution in [3.8, 4) is 22.8 Å². The van der Waals surface area contributed by atoms with E-state index in [-0.39, 0.29) is 11.3 Å². The van der Waals surface area contributed by atoms with E-state index in [2.05, 4.69) is 10.3 Å². The maximum atomic E-state index is 12.0. The normalized spacial score (nSPS) is 11.2. The molecule has 0 atom stereocenters. The summed E-state index contributed by atoms with van der Waals surface area (Å²) in [5, 5.41) is 5.33. The second kappa shape index (κ2) is 7.00. The molecule has 5 nitrogen and oxygen atoms in total. The number of thiazole rings is 1.